The third-order valence-corrected chi connectivity index (χ3v) is 5.03. The highest BCUT2D eigenvalue weighted by molar-refractivity contribution is 5.26. The molecule has 140 valence electrons. The lowest BCUT2D eigenvalue weighted by atomic mass is 10.2. The quantitative estimate of drug-likeness (QED) is 0.716. The van der Waals surface area contributed by atoms with Crippen LogP contribution in [-0.4, -0.2) is 64.7 Å². The van der Waals surface area contributed by atoms with Crippen LogP contribution in [0, 0.1) is 0 Å². The van der Waals surface area contributed by atoms with Crippen molar-refractivity contribution < 1.29 is 9.26 Å². The summed E-state index contributed by atoms with van der Waals surface area (Å²) in [6.45, 7) is 5.22. The molecule has 2 aromatic rings. The van der Waals surface area contributed by atoms with E-state index in [1.165, 1.54) is 0 Å². The predicted octanol–water partition coefficient (Wildman–Crippen LogP) is 0.0836. The van der Waals surface area contributed by atoms with Crippen molar-refractivity contribution in [3.05, 3.63) is 33.5 Å². The van der Waals surface area contributed by atoms with Gasteiger partial charge in [0.1, 0.15) is 6.61 Å². The molecule has 0 atom stereocenters. The van der Waals surface area contributed by atoms with Gasteiger partial charge in [-0.1, -0.05) is 5.16 Å². The van der Waals surface area contributed by atoms with Crippen molar-refractivity contribution in [2.75, 3.05) is 44.7 Å². The number of nitrogens with zero attached hydrogens (tertiary/aromatic N) is 6. The van der Waals surface area contributed by atoms with Crippen LogP contribution in [0.15, 0.2) is 15.4 Å². The van der Waals surface area contributed by atoms with Gasteiger partial charge in [-0.2, -0.15) is 10.1 Å². The van der Waals surface area contributed by atoms with E-state index in [0.29, 0.717) is 25.0 Å². The van der Waals surface area contributed by atoms with Crippen LogP contribution in [0.25, 0.3) is 0 Å². The highest BCUT2D eigenvalue weighted by atomic mass is 16.5. The van der Waals surface area contributed by atoms with Gasteiger partial charge in [-0.05, 0) is 24.8 Å². The predicted molar refractivity (Wildman–Crippen MR) is 94.2 cm³/mol. The first-order valence-electron chi connectivity index (χ1n) is 9.11. The Balaban J connectivity index is 1.29. The smallest absolute Gasteiger partial charge is 0.324 e. The van der Waals surface area contributed by atoms with Crippen molar-refractivity contribution in [3.8, 4) is 0 Å². The number of ether oxygens (including phenoxy) is 1. The molecule has 1 fully saturated rings. The molecule has 2 aliphatic rings. The summed E-state index contributed by atoms with van der Waals surface area (Å²) in [5.74, 6) is 0.562. The van der Waals surface area contributed by atoms with Gasteiger partial charge in [0.25, 0.3) is 5.56 Å². The molecule has 3 heterocycles. The van der Waals surface area contributed by atoms with Gasteiger partial charge in [0.15, 0.2) is 5.82 Å². The van der Waals surface area contributed by atoms with Gasteiger partial charge < -0.3 is 14.2 Å². The summed E-state index contributed by atoms with van der Waals surface area (Å²) in [4.78, 5) is 20.9. The minimum atomic E-state index is 0.0146. The second-order valence-corrected chi connectivity index (χ2v) is 6.79. The van der Waals surface area contributed by atoms with Crippen LogP contribution in [0.4, 0.5) is 6.01 Å². The zero-order chi connectivity index (χ0) is 17.9. The molecule has 9 heteroatoms. The monoisotopic (exact) mass is 360 g/mol. The molecule has 0 N–H and O–H groups in total. The Bertz CT molecular complexity index is 809. The average Bonchev–Trinajstić information content (AvgIpc) is 3.29. The fraction of sp³-hybridized carbons (Fsp3) is 0.647. The number of hydrogen-bond acceptors (Lipinski definition) is 8. The normalized spacial score (nSPS) is 17.7. The molecule has 0 spiro atoms. The molecule has 1 aliphatic heterocycles. The van der Waals surface area contributed by atoms with Gasteiger partial charge in [-0.25, -0.2) is 4.68 Å². The van der Waals surface area contributed by atoms with E-state index < -0.39 is 0 Å². The number of hydrogen-bond donors (Lipinski definition) is 0. The molecule has 9 nitrogen and oxygen atoms in total. The van der Waals surface area contributed by atoms with Gasteiger partial charge in [-0.15, -0.1) is 0 Å². The maximum Gasteiger partial charge on any atom is 0.324 e. The maximum atomic E-state index is 12.2. The van der Waals surface area contributed by atoms with E-state index in [4.69, 9.17) is 9.26 Å². The maximum absolute atomic E-state index is 12.2. The van der Waals surface area contributed by atoms with Gasteiger partial charge in [0.2, 0.25) is 0 Å². The molecular weight excluding hydrogens is 336 g/mol. The van der Waals surface area contributed by atoms with Crippen LogP contribution < -0.4 is 10.5 Å². The summed E-state index contributed by atoms with van der Waals surface area (Å²) in [5.41, 5.74) is 2.24. The molecule has 4 rings (SSSR count). The number of methoxy groups -OCH3 is 1. The Morgan fingerprint density at radius 2 is 2.04 bits per heavy atom. The highest BCUT2D eigenvalue weighted by Gasteiger charge is 2.22. The Hall–Kier alpha value is -2.26. The van der Waals surface area contributed by atoms with Crippen molar-refractivity contribution in [3.63, 3.8) is 0 Å². The third-order valence-electron chi connectivity index (χ3n) is 5.03. The molecule has 0 unspecified atom stereocenters. The summed E-state index contributed by atoms with van der Waals surface area (Å²) < 4.78 is 11.9. The van der Waals surface area contributed by atoms with E-state index in [1.807, 2.05) is 0 Å². The van der Waals surface area contributed by atoms with E-state index in [0.717, 1.165) is 63.2 Å². The molecule has 26 heavy (non-hydrogen) atoms. The van der Waals surface area contributed by atoms with Crippen LogP contribution in [0.2, 0.25) is 0 Å². The van der Waals surface area contributed by atoms with Crippen molar-refractivity contribution in [1.29, 1.82) is 0 Å². The van der Waals surface area contributed by atoms with Crippen molar-refractivity contribution >= 4 is 6.01 Å². The van der Waals surface area contributed by atoms with Crippen molar-refractivity contribution in [2.45, 2.75) is 32.4 Å². The largest absolute Gasteiger partial charge is 0.377 e. The van der Waals surface area contributed by atoms with Crippen LogP contribution >= 0.6 is 0 Å². The van der Waals surface area contributed by atoms with Gasteiger partial charge in [0.05, 0.1) is 12.2 Å². The Morgan fingerprint density at radius 1 is 1.19 bits per heavy atom. The van der Waals surface area contributed by atoms with Crippen LogP contribution in [-0.2, 0) is 30.7 Å². The van der Waals surface area contributed by atoms with E-state index >= 15 is 0 Å². The minimum Gasteiger partial charge on any atom is -0.377 e. The molecule has 0 amide bonds. The Kier molecular flexibility index (Phi) is 4.98. The third kappa shape index (κ3) is 3.63. The van der Waals surface area contributed by atoms with E-state index in [9.17, 15) is 4.79 Å². The zero-order valence-corrected chi connectivity index (χ0v) is 15.1. The topological polar surface area (TPSA) is 89.5 Å². The van der Waals surface area contributed by atoms with Crippen LogP contribution in [0.1, 0.15) is 23.5 Å². The standard InChI is InChI=1S/C17H24N6O3/c1-25-12-15-18-17(26-20-15)22-8-5-21(6-9-22)7-10-23-16(24)11-13-3-2-4-14(13)19-23/h11H,2-10,12H2,1H3. The van der Waals surface area contributed by atoms with Crippen molar-refractivity contribution in [1.82, 2.24) is 24.8 Å². The average molecular weight is 360 g/mol. The summed E-state index contributed by atoms with van der Waals surface area (Å²) >= 11 is 0. The molecular formula is C17H24N6O3. The van der Waals surface area contributed by atoms with Gasteiger partial charge in [-0.3, -0.25) is 9.69 Å². The SMILES string of the molecule is COCc1noc(N2CCN(CCn3nc4c(cc3=O)CCC4)CC2)n1. The highest BCUT2D eigenvalue weighted by Crippen LogP contribution is 2.17. The van der Waals surface area contributed by atoms with Gasteiger partial charge in [0, 0.05) is 45.9 Å². The lowest BCUT2D eigenvalue weighted by Crippen LogP contribution is -2.47. The molecule has 0 aromatic carbocycles. The minimum absolute atomic E-state index is 0.0146. The first-order chi connectivity index (χ1) is 12.7. The van der Waals surface area contributed by atoms with E-state index in [-0.39, 0.29) is 5.56 Å². The Labute approximate surface area is 151 Å². The number of piperazine rings is 1. The molecule has 1 saturated heterocycles. The fourth-order valence-corrected chi connectivity index (χ4v) is 3.56. The number of aromatic nitrogens is 4. The Morgan fingerprint density at radius 3 is 2.85 bits per heavy atom. The molecule has 0 saturated carbocycles. The summed E-state index contributed by atoms with van der Waals surface area (Å²) in [6, 6.07) is 2.31. The van der Waals surface area contributed by atoms with Crippen molar-refractivity contribution in [2.24, 2.45) is 0 Å². The second-order valence-electron chi connectivity index (χ2n) is 6.79. The van der Waals surface area contributed by atoms with Crippen LogP contribution in [0.3, 0.4) is 0 Å². The zero-order valence-electron chi connectivity index (χ0n) is 15.1. The molecule has 1 aliphatic carbocycles. The lowest BCUT2D eigenvalue weighted by Gasteiger charge is -2.33. The number of anilines is 1. The lowest BCUT2D eigenvalue weighted by molar-refractivity contribution is 0.174. The summed E-state index contributed by atoms with van der Waals surface area (Å²) in [6.07, 6.45) is 3.08. The summed E-state index contributed by atoms with van der Waals surface area (Å²) in [7, 11) is 1.61. The summed E-state index contributed by atoms with van der Waals surface area (Å²) in [5, 5.41) is 8.44. The number of rotatable bonds is 6. The number of fused-ring (bicyclic) bond motifs is 1. The van der Waals surface area contributed by atoms with Gasteiger partial charge >= 0.3 is 6.01 Å². The first-order valence-corrected chi connectivity index (χ1v) is 9.11. The van der Waals surface area contributed by atoms with Crippen LogP contribution in [0.5, 0.6) is 0 Å². The molecule has 2 aromatic heterocycles. The second kappa shape index (κ2) is 7.55. The first kappa shape index (κ1) is 17.2. The fourth-order valence-electron chi connectivity index (χ4n) is 3.56. The van der Waals surface area contributed by atoms with E-state index in [2.05, 4.69) is 25.0 Å². The van der Waals surface area contributed by atoms with E-state index in [1.54, 1.807) is 17.9 Å². The molecule has 0 bridgehead atoms. The molecule has 0 radical (unpaired) electrons. The number of aryl methyl sites for hydroxylation is 2.